The summed E-state index contributed by atoms with van der Waals surface area (Å²) in [5.41, 5.74) is 3.08. The van der Waals surface area contributed by atoms with Gasteiger partial charge in [0.2, 0.25) is 0 Å². The maximum Gasteiger partial charge on any atom is -0.0188 e. The van der Waals surface area contributed by atoms with Gasteiger partial charge in [-0.05, 0) is 29.9 Å². The molecule has 1 unspecified atom stereocenters. The Bertz CT molecular complexity index is 262. The van der Waals surface area contributed by atoms with Gasteiger partial charge in [0.15, 0.2) is 0 Å². The summed E-state index contributed by atoms with van der Waals surface area (Å²) in [5.74, 6) is 0.728. The quantitative estimate of drug-likeness (QED) is 0.639. The molecule has 0 saturated carbocycles. The average Bonchev–Trinajstić information content (AvgIpc) is 2.25. The smallest absolute Gasteiger partial charge is 0.0188 e. The van der Waals surface area contributed by atoms with Gasteiger partial charge < -0.3 is 0 Å². The summed E-state index contributed by atoms with van der Waals surface area (Å²) < 4.78 is 0. The van der Waals surface area contributed by atoms with Crippen LogP contribution in [-0.2, 0) is 6.42 Å². The summed E-state index contributed by atoms with van der Waals surface area (Å²) in [6.07, 6.45) is 5.14. The van der Waals surface area contributed by atoms with Crippen LogP contribution in [-0.4, -0.2) is 0 Å². The summed E-state index contributed by atoms with van der Waals surface area (Å²) in [7, 11) is 0. The van der Waals surface area contributed by atoms with Gasteiger partial charge in [-0.1, -0.05) is 57.9 Å². The molecule has 0 aliphatic heterocycles. The summed E-state index contributed by atoms with van der Waals surface area (Å²) in [6, 6.07) is 8.86. The van der Waals surface area contributed by atoms with Crippen molar-refractivity contribution in [2.75, 3.05) is 0 Å². The molecule has 0 N–H and O–H groups in total. The Morgan fingerprint density at radius 1 is 1.14 bits per heavy atom. The van der Waals surface area contributed by atoms with Crippen LogP contribution >= 0.6 is 0 Å². The van der Waals surface area contributed by atoms with Crippen LogP contribution in [0.2, 0.25) is 0 Å². The summed E-state index contributed by atoms with van der Waals surface area (Å²) >= 11 is 0. The van der Waals surface area contributed by atoms with E-state index in [1.807, 2.05) is 0 Å². The first kappa shape index (κ1) is 11.3. The second-order valence-corrected chi connectivity index (χ2v) is 4.10. The molecule has 0 aliphatic carbocycles. The highest BCUT2D eigenvalue weighted by Crippen LogP contribution is 2.24. The summed E-state index contributed by atoms with van der Waals surface area (Å²) in [5, 5.41) is 0. The van der Waals surface area contributed by atoms with Gasteiger partial charge >= 0.3 is 0 Å². The van der Waals surface area contributed by atoms with Gasteiger partial charge in [0.25, 0.3) is 0 Å². The molecule has 1 atom stereocenters. The first-order valence-corrected chi connectivity index (χ1v) is 5.87. The maximum absolute atomic E-state index is 2.35. The summed E-state index contributed by atoms with van der Waals surface area (Å²) in [6.45, 7) is 6.86. The third-order valence-corrected chi connectivity index (χ3v) is 2.96. The van der Waals surface area contributed by atoms with Crippen molar-refractivity contribution in [1.82, 2.24) is 0 Å². The Kier molecular flexibility index (Phi) is 4.72. The largest absolute Gasteiger partial charge is 0.0654 e. The second kappa shape index (κ2) is 5.85. The van der Waals surface area contributed by atoms with E-state index >= 15 is 0 Å². The van der Waals surface area contributed by atoms with Crippen LogP contribution in [0.5, 0.6) is 0 Å². The van der Waals surface area contributed by atoms with Crippen LogP contribution in [0.15, 0.2) is 24.3 Å². The predicted octanol–water partition coefficient (Wildman–Crippen LogP) is 4.54. The number of hydrogen-bond acceptors (Lipinski definition) is 0. The number of benzene rings is 1. The fourth-order valence-corrected chi connectivity index (χ4v) is 2.00. The highest BCUT2D eigenvalue weighted by atomic mass is 14.1. The molecule has 0 spiro atoms. The molecule has 0 heterocycles. The monoisotopic (exact) mass is 190 g/mol. The molecule has 14 heavy (non-hydrogen) atoms. The van der Waals surface area contributed by atoms with Crippen molar-refractivity contribution >= 4 is 0 Å². The first-order valence-electron chi connectivity index (χ1n) is 5.87. The zero-order valence-electron chi connectivity index (χ0n) is 9.72. The zero-order chi connectivity index (χ0) is 10.4. The van der Waals surface area contributed by atoms with Crippen molar-refractivity contribution in [1.29, 1.82) is 0 Å². The SMILES string of the molecule is CCCCC(C)c1ccccc1CC. The molecule has 0 aromatic heterocycles. The molecule has 78 valence electrons. The molecule has 0 saturated heterocycles. The van der Waals surface area contributed by atoms with Crippen LogP contribution in [0.25, 0.3) is 0 Å². The predicted molar refractivity (Wildman–Crippen MR) is 63.8 cm³/mol. The van der Waals surface area contributed by atoms with Crippen LogP contribution in [0, 0.1) is 0 Å². The average molecular weight is 190 g/mol. The molecule has 0 bridgehead atoms. The lowest BCUT2D eigenvalue weighted by Gasteiger charge is -2.15. The van der Waals surface area contributed by atoms with E-state index in [4.69, 9.17) is 0 Å². The molecule has 0 amide bonds. The Balaban J connectivity index is 2.72. The molecule has 0 aliphatic rings. The molecule has 1 aromatic carbocycles. The van der Waals surface area contributed by atoms with Crippen molar-refractivity contribution in [2.24, 2.45) is 0 Å². The lowest BCUT2D eigenvalue weighted by Crippen LogP contribution is -1.98. The van der Waals surface area contributed by atoms with E-state index < -0.39 is 0 Å². The van der Waals surface area contributed by atoms with E-state index in [0.29, 0.717) is 0 Å². The maximum atomic E-state index is 2.35. The topological polar surface area (TPSA) is 0 Å². The highest BCUT2D eigenvalue weighted by Gasteiger charge is 2.07. The molecule has 0 nitrogen and oxygen atoms in total. The van der Waals surface area contributed by atoms with Crippen molar-refractivity contribution < 1.29 is 0 Å². The van der Waals surface area contributed by atoms with E-state index in [1.165, 1.54) is 24.8 Å². The van der Waals surface area contributed by atoms with E-state index in [2.05, 4.69) is 45.0 Å². The number of rotatable bonds is 5. The molecular formula is C14H22. The van der Waals surface area contributed by atoms with E-state index in [9.17, 15) is 0 Å². The Hall–Kier alpha value is -0.780. The molecule has 0 heteroatoms. The van der Waals surface area contributed by atoms with Gasteiger partial charge in [-0.3, -0.25) is 0 Å². The molecular weight excluding hydrogens is 168 g/mol. The van der Waals surface area contributed by atoms with Crippen LogP contribution in [0.1, 0.15) is 57.1 Å². The molecule has 0 fully saturated rings. The van der Waals surface area contributed by atoms with Crippen molar-refractivity contribution in [3.63, 3.8) is 0 Å². The zero-order valence-corrected chi connectivity index (χ0v) is 9.72. The van der Waals surface area contributed by atoms with Gasteiger partial charge in [-0.15, -0.1) is 0 Å². The van der Waals surface area contributed by atoms with E-state index in [1.54, 1.807) is 5.56 Å². The Labute approximate surface area is 88.4 Å². The standard InChI is InChI=1S/C14H22/c1-4-6-9-12(3)14-11-8-7-10-13(14)5-2/h7-8,10-12H,4-6,9H2,1-3H3. The van der Waals surface area contributed by atoms with Crippen LogP contribution in [0.4, 0.5) is 0 Å². The number of hydrogen-bond donors (Lipinski definition) is 0. The van der Waals surface area contributed by atoms with E-state index in [0.717, 1.165) is 12.3 Å². The third kappa shape index (κ3) is 2.87. The van der Waals surface area contributed by atoms with Gasteiger partial charge in [-0.2, -0.15) is 0 Å². The van der Waals surface area contributed by atoms with Crippen LogP contribution in [0.3, 0.4) is 0 Å². The fourth-order valence-electron chi connectivity index (χ4n) is 2.00. The molecule has 0 radical (unpaired) electrons. The van der Waals surface area contributed by atoms with Gasteiger partial charge in [0, 0.05) is 0 Å². The van der Waals surface area contributed by atoms with Crippen molar-refractivity contribution in [3.8, 4) is 0 Å². The van der Waals surface area contributed by atoms with Crippen molar-refractivity contribution in [3.05, 3.63) is 35.4 Å². The number of unbranched alkanes of at least 4 members (excludes halogenated alkanes) is 1. The normalized spacial score (nSPS) is 12.8. The third-order valence-electron chi connectivity index (χ3n) is 2.96. The minimum Gasteiger partial charge on any atom is -0.0654 e. The molecule has 1 rings (SSSR count). The van der Waals surface area contributed by atoms with Crippen molar-refractivity contribution in [2.45, 2.75) is 52.4 Å². The Morgan fingerprint density at radius 2 is 1.86 bits per heavy atom. The highest BCUT2D eigenvalue weighted by molar-refractivity contribution is 5.29. The Morgan fingerprint density at radius 3 is 2.50 bits per heavy atom. The van der Waals surface area contributed by atoms with Crippen LogP contribution < -0.4 is 0 Å². The first-order chi connectivity index (χ1) is 6.79. The number of aryl methyl sites for hydroxylation is 1. The van der Waals surface area contributed by atoms with Gasteiger partial charge in [0.05, 0.1) is 0 Å². The minimum atomic E-state index is 0.728. The lowest BCUT2D eigenvalue weighted by atomic mass is 9.91. The molecule has 1 aromatic rings. The van der Waals surface area contributed by atoms with Gasteiger partial charge in [0.1, 0.15) is 0 Å². The van der Waals surface area contributed by atoms with E-state index in [-0.39, 0.29) is 0 Å². The fraction of sp³-hybridized carbons (Fsp3) is 0.571. The summed E-state index contributed by atoms with van der Waals surface area (Å²) in [4.78, 5) is 0. The second-order valence-electron chi connectivity index (χ2n) is 4.10. The lowest BCUT2D eigenvalue weighted by molar-refractivity contribution is 0.620. The minimum absolute atomic E-state index is 0.728. The van der Waals surface area contributed by atoms with Gasteiger partial charge in [-0.25, -0.2) is 0 Å².